The van der Waals surface area contributed by atoms with E-state index in [4.69, 9.17) is 5.73 Å². The van der Waals surface area contributed by atoms with Crippen LogP contribution in [0.3, 0.4) is 0 Å². The van der Waals surface area contributed by atoms with Gasteiger partial charge in [0.15, 0.2) is 0 Å². The van der Waals surface area contributed by atoms with Crippen molar-refractivity contribution in [2.24, 2.45) is 17.6 Å². The summed E-state index contributed by atoms with van der Waals surface area (Å²) in [7, 11) is 0. The largest absolute Gasteiger partial charge is 0.370 e. The average molecular weight is 157 g/mol. The zero-order valence-electron chi connectivity index (χ0n) is 7.76. The molecule has 0 fully saturated rings. The predicted molar refractivity (Wildman–Crippen MR) is 47.0 cm³/mol. The smallest absolute Gasteiger partial charge is 0.217 e. The summed E-state index contributed by atoms with van der Waals surface area (Å²) in [5.41, 5.74) is 5.02. The maximum Gasteiger partial charge on any atom is 0.217 e. The average Bonchev–Trinajstić information content (AvgIpc) is 1.86. The molecule has 0 aromatic carbocycles. The number of primary amides is 1. The standard InChI is InChI=1S/C9H19NO/c1-7(2)8(3)5-4-6-9(10)11/h7-8H,4-6H2,1-3H3,(H2,10,11). The molecular formula is C9H19NO. The van der Waals surface area contributed by atoms with Crippen LogP contribution in [0.5, 0.6) is 0 Å². The van der Waals surface area contributed by atoms with Crippen molar-refractivity contribution in [3.8, 4) is 0 Å². The van der Waals surface area contributed by atoms with E-state index < -0.39 is 0 Å². The van der Waals surface area contributed by atoms with Crippen molar-refractivity contribution in [3.63, 3.8) is 0 Å². The van der Waals surface area contributed by atoms with Crippen LogP contribution in [-0.2, 0) is 4.79 Å². The van der Waals surface area contributed by atoms with Crippen LogP contribution in [0.25, 0.3) is 0 Å². The lowest BCUT2D eigenvalue weighted by Gasteiger charge is -2.13. The van der Waals surface area contributed by atoms with E-state index in [1.165, 1.54) is 0 Å². The molecule has 0 radical (unpaired) electrons. The van der Waals surface area contributed by atoms with E-state index in [1.807, 2.05) is 0 Å². The minimum absolute atomic E-state index is 0.180. The topological polar surface area (TPSA) is 43.1 Å². The van der Waals surface area contributed by atoms with Crippen molar-refractivity contribution >= 4 is 5.91 Å². The number of rotatable bonds is 5. The van der Waals surface area contributed by atoms with Gasteiger partial charge in [-0.1, -0.05) is 20.8 Å². The molecule has 0 aliphatic carbocycles. The summed E-state index contributed by atoms with van der Waals surface area (Å²) in [6.45, 7) is 6.62. The molecule has 0 aromatic rings. The van der Waals surface area contributed by atoms with E-state index in [9.17, 15) is 4.79 Å². The van der Waals surface area contributed by atoms with Crippen molar-refractivity contribution in [2.75, 3.05) is 0 Å². The number of hydrogen-bond acceptors (Lipinski definition) is 1. The Morgan fingerprint density at radius 1 is 1.36 bits per heavy atom. The van der Waals surface area contributed by atoms with Gasteiger partial charge in [0.25, 0.3) is 0 Å². The van der Waals surface area contributed by atoms with Crippen molar-refractivity contribution < 1.29 is 4.79 Å². The lowest BCUT2D eigenvalue weighted by atomic mass is 9.93. The van der Waals surface area contributed by atoms with Crippen LogP contribution >= 0.6 is 0 Å². The molecule has 11 heavy (non-hydrogen) atoms. The maximum atomic E-state index is 10.4. The Morgan fingerprint density at radius 2 is 1.91 bits per heavy atom. The van der Waals surface area contributed by atoms with Gasteiger partial charge in [0.1, 0.15) is 0 Å². The Hall–Kier alpha value is -0.530. The third-order valence-electron chi connectivity index (χ3n) is 2.22. The van der Waals surface area contributed by atoms with E-state index in [-0.39, 0.29) is 5.91 Å². The first-order valence-corrected chi connectivity index (χ1v) is 4.32. The van der Waals surface area contributed by atoms with Crippen molar-refractivity contribution in [2.45, 2.75) is 40.0 Å². The highest BCUT2D eigenvalue weighted by atomic mass is 16.1. The fourth-order valence-electron chi connectivity index (χ4n) is 0.932. The quantitative estimate of drug-likeness (QED) is 0.651. The molecule has 2 nitrogen and oxygen atoms in total. The van der Waals surface area contributed by atoms with Gasteiger partial charge >= 0.3 is 0 Å². The number of amides is 1. The van der Waals surface area contributed by atoms with E-state index in [0.29, 0.717) is 18.3 Å². The Balaban J connectivity index is 3.31. The Morgan fingerprint density at radius 3 is 2.27 bits per heavy atom. The van der Waals surface area contributed by atoms with Crippen LogP contribution in [0.15, 0.2) is 0 Å². The Labute approximate surface area is 69.2 Å². The molecule has 0 aliphatic heterocycles. The summed E-state index contributed by atoms with van der Waals surface area (Å²) in [5, 5.41) is 0. The number of carbonyl (C=O) groups excluding carboxylic acids is 1. The molecule has 1 amide bonds. The minimum Gasteiger partial charge on any atom is -0.370 e. The Bertz CT molecular complexity index is 121. The molecule has 1 atom stereocenters. The van der Waals surface area contributed by atoms with E-state index in [1.54, 1.807) is 0 Å². The normalized spacial score (nSPS) is 13.5. The lowest BCUT2D eigenvalue weighted by molar-refractivity contribution is -0.118. The molecule has 0 spiro atoms. The third-order valence-corrected chi connectivity index (χ3v) is 2.22. The second-order valence-electron chi connectivity index (χ2n) is 3.58. The van der Waals surface area contributed by atoms with Gasteiger partial charge in [0.05, 0.1) is 0 Å². The minimum atomic E-state index is -0.180. The van der Waals surface area contributed by atoms with Gasteiger partial charge in [0.2, 0.25) is 5.91 Å². The molecule has 0 aliphatic rings. The molecule has 0 bridgehead atoms. The van der Waals surface area contributed by atoms with Gasteiger partial charge in [-0.05, 0) is 24.7 Å². The van der Waals surface area contributed by atoms with Crippen molar-refractivity contribution in [1.29, 1.82) is 0 Å². The van der Waals surface area contributed by atoms with Crippen molar-refractivity contribution in [3.05, 3.63) is 0 Å². The van der Waals surface area contributed by atoms with Crippen molar-refractivity contribution in [1.82, 2.24) is 0 Å². The fraction of sp³-hybridized carbons (Fsp3) is 0.889. The molecule has 0 saturated carbocycles. The highest BCUT2D eigenvalue weighted by molar-refractivity contribution is 5.73. The second-order valence-corrected chi connectivity index (χ2v) is 3.58. The van der Waals surface area contributed by atoms with E-state index >= 15 is 0 Å². The van der Waals surface area contributed by atoms with Gasteiger partial charge in [-0.3, -0.25) is 4.79 Å². The SMILES string of the molecule is CC(C)C(C)CCCC(N)=O. The van der Waals surface area contributed by atoms with Gasteiger partial charge in [0, 0.05) is 6.42 Å². The molecular weight excluding hydrogens is 138 g/mol. The molecule has 2 N–H and O–H groups in total. The first-order chi connectivity index (χ1) is 5.04. The molecule has 0 aromatic heterocycles. The zero-order chi connectivity index (χ0) is 8.85. The summed E-state index contributed by atoms with van der Waals surface area (Å²) in [6.07, 6.45) is 2.59. The zero-order valence-corrected chi connectivity index (χ0v) is 7.76. The summed E-state index contributed by atoms with van der Waals surface area (Å²) in [5.74, 6) is 1.23. The first kappa shape index (κ1) is 10.5. The monoisotopic (exact) mass is 157 g/mol. The number of hydrogen-bond donors (Lipinski definition) is 1. The number of nitrogens with two attached hydrogens (primary N) is 1. The van der Waals surface area contributed by atoms with Crippen LogP contribution < -0.4 is 5.73 Å². The van der Waals surface area contributed by atoms with Crippen LogP contribution in [0, 0.1) is 11.8 Å². The highest BCUT2D eigenvalue weighted by Gasteiger charge is 2.06. The summed E-state index contributed by atoms with van der Waals surface area (Å²) in [6, 6.07) is 0. The summed E-state index contributed by atoms with van der Waals surface area (Å²) in [4.78, 5) is 10.4. The maximum absolute atomic E-state index is 10.4. The summed E-state index contributed by atoms with van der Waals surface area (Å²) >= 11 is 0. The van der Waals surface area contributed by atoms with Gasteiger partial charge in [-0.2, -0.15) is 0 Å². The first-order valence-electron chi connectivity index (χ1n) is 4.32. The molecule has 1 unspecified atom stereocenters. The van der Waals surface area contributed by atoms with E-state index in [0.717, 1.165) is 12.8 Å². The van der Waals surface area contributed by atoms with Crippen LogP contribution in [0.1, 0.15) is 40.0 Å². The Kier molecular flexibility index (Phi) is 4.92. The van der Waals surface area contributed by atoms with E-state index in [2.05, 4.69) is 20.8 Å². The highest BCUT2D eigenvalue weighted by Crippen LogP contribution is 2.16. The van der Waals surface area contributed by atoms with Gasteiger partial charge < -0.3 is 5.73 Å². The summed E-state index contributed by atoms with van der Waals surface area (Å²) < 4.78 is 0. The van der Waals surface area contributed by atoms with Gasteiger partial charge in [-0.25, -0.2) is 0 Å². The number of carbonyl (C=O) groups is 1. The molecule has 2 heteroatoms. The van der Waals surface area contributed by atoms with Crippen LogP contribution in [-0.4, -0.2) is 5.91 Å². The van der Waals surface area contributed by atoms with Crippen LogP contribution in [0.2, 0.25) is 0 Å². The molecule has 0 rings (SSSR count). The molecule has 0 heterocycles. The second kappa shape index (κ2) is 5.16. The fourth-order valence-corrected chi connectivity index (χ4v) is 0.932. The van der Waals surface area contributed by atoms with Gasteiger partial charge in [-0.15, -0.1) is 0 Å². The van der Waals surface area contributed by atoms with Crippen LogP contribution in [0.4, 0.5) is 0 Å². The molecule has 0 saturated heterocycles. The lowest BCUT2D eigenvalue weighted by Crippen LogP contribution is -2.11. The predicted octanol–water partition coefficient (Wildman–Crippen LogP) is 1.93. The third kappa shape index (κ3) is 5.89. The molecule has 66 valence electrons.